The summed E-state index contributed by atoms with van der Waals surface area (Å²) < 4.78 is 84.7. The van der Waals surface area contributed by atoms with Gasteiger partial charge >= 0.3 is 11.8 Å². The van der Waals surface area contributed by atoms with Gasteiger partial charge in [-0.25, -0.2) is 13.2 Å². The Labute approximate surface area is 81.2 Å². The van der Waals surface area contributed by atoms with E-state index in [1.54, 1.807) is 15.9 Å². The number of allylic oxidation sites excluding steroid dienone is 4. The molecule has 0 aromatic carbocycles. The van der Waals surface area contributed by atoms with Crippen LogP contribution in [0.25, 0.3) is 0 Å². The molecule has 0 heterocycles. The van der Waals surface area contributed by atoms with E-state index in [0.29, 0.717) is 0 Å². The van der Waals surface area contributed by atoms with Gasteiger partial charge in [-0.3, -0.25) is 0 Å². The first-order valence-electron chi connectivity index (χ1n) is 3.01. The molecule has 0 spiro atoms. The lowest BCUT2D eigenvalue weighted by molar-refractivity contribution is -0.0132. The van der Waals surface area contributed by atoms with Crippen molar-refractivity contribution in [2.24, 2.45) is 0 Å². The third-order valence-corrected chi connectivity index (χ3v) is 2.33. The molecule has 0 aliphatic heterocycles. The first-order valence-corrected chi connectivity index (χ1v) is 3.80. The topological polar surface area (TPSA) is 0 Å². The van der Waals surface area contributed by atoms with Crippen molar-refractivity contribution >= 4 is 15.9 Å². The van der Waals surface area contributed by atoms with Gasteiger partial charge in [0.2, 0.25) is 11.7 Å². The molecule has 1 rings (SSSR count). The van der Waals surface area contributed by atoms with E-state index in [2.05, 4.69) is 0 Å². The van der Waals surface area contributed by atoms with E-state index in [-0.39, 0.29) is 0 Å². The second-order valence-corrected chi connectivity index (χ2v) is 3.20. The van der Waals surface area contributed by atoms with Gasteiger partial charge in [0, 0.05) is 0 Å². The largest absolute Gasteiger partial charge is 0.353 e. The standard InChI is InChI=1S/C6BrF7/c7-1-2(8)6(13,14)4(10)3(9)5(1,11)12. The zero-order valence-electron chi connectivity index (χ0n) is 6.02. The lowest BCUT2D eigenvalue weighted by Gasteiger charge is -2.24. The number of hydrogen-bond acceptors (Lipinski definition) is 0. The van der Waals surface area contributed by atoms with E-state index in [1.165, 1.54) is 0 Å². The maximum atomic E-state index is 12.5. The van der Waals surface area contributed by atoms with Crippen LogP contribution in [0.3, 0.4) is 0 Å². The van der Waals surface area contributed by atoms with Gasteiger partial charge in [0.15, 0.2) is 5.83 Å². The smallest absolute Gasteiger partial charge is 0.203 e. The van der Waals surface area contributed by atoms with Gasteiger partial charge in [0.25, 0.3) is 0 Å². The molecule has 0 aromatic rings. The Bertz CT molecular complexity index is 278. The van der Waals surface area contributed by atoms with Crippen LogP contribution in [0.15, 0.2) is 22.0 Å². The Balaban J connectivity index is 3.46. The molecule has 0 atom stereocenters. The van der Waals surface area contributed by atoms with Gasteiger partial charge in [-0.2, -0.15) is 17.6 Å². The van der Waals surface area contributed by atoms with Gasteiger partial charge in [0.1, 0.15) is 4.48 Å². The third kappa shape index (κ3) is 1.27. The minimum Gasteiger partial charge on any atom is -0.203 e. The molecular formula is C6BrF7. The average Bonchev–Trinajstić information content (AvgIpc) is 2.11. The molecule has 0 N–H and O–H groups in total. The summed E-state index contributed by atoms with van der Waals surface area (Å²) in [6.45, 7) is 0. The van der Waals surface area contributed by atoms with E-state index < -0.39 is 33.8 Å². The van der Waals surface area contributed by atoms with E-state index in [1.807, 2.05) is 0 Å². The summed E-state index contributed by atoms with van der Waals surface area (Å²) in [5.41, 5.74) is 0. The first kappa shape index (κ1) is 11.5. The molecule has 1 aliphatic rings. The highest BCUT2D eigenvalue weighted by atomic mass is 79.9. The maximum Gasteiger partial charge on any atom is 0.353 e. The summed E-state index contributed by atoms with van der Waals surface area (Å²) in [7, 11) is 0. The molecule has 0 amide bonds. The van der Waals surface area contributed by atoms with E-state index >= 15 is 0 Å². The third-order valence-electron chi connectivity index (χ3n) is 1.49. The van der Waals surface area contributed by atoms with Gasteiger partial charge in [-0.1, -0.05) is 0 Å². The monoisotopic (exact) mass is 284 g/mol. The summed E-state index contributed by atoms with van der Waals surface area (Å²) in [5, 5.41) is 0. The van der Waals surface area contributed by atoms with Crippen LogP contribution in [-0.4, -0.2) is 11.8 Å². The lowest BCUT2D eigenvalue weighted by Crippen LogP contribution is -2.33. The van der Waals surface area contributed by atoms with Crippen LogP contribution in [-0.2, 0) is 0 Å². The number of alkyl halides is 4. The number of halogens is 8. The zero-order valence-corrected chi connectivity index (χ0v) is 7.61. The Morgan fingerprint density at radius 2 is 1.07 bits per heavy atom. The zero-order chi connectivity index (χ0) is 11.3. The summed E-state index contributed by atoms with van der Waals surface area (Å²) >= 11 is 1.75. The van der Waals surface area contributed by atoms with E-state index in [4.69, 9.17) is 0 Å². The molecule has 0 unspecified atom stereocenters. The van der Waals surface area contributed by atoms with Crippen molar-refractivity contribution in [1.82, 2.24) is 0 Å². The van der Waals surface area contributed by atoms with Crippen LogP contribution in [0.4, 0.5) is 30.7 Å². The fourth-order valence-corrected chi connectivity index (χ4v) is 1.17. The van der Waals surface area contributed by atoms with Gasteiger partial charge in [0.05, 0.1) is 0 Å². The van der Waals surface area contributed by atoms with Crippen molar-refractivity contribution in [2.45, 2.75) is 11.8 Å². The van der Waals surface area contributed by atoms with Crippen molar-refractivity contribution in [3.05, 3.63) is 22.0 Å². The van der Waals surface area contributed by atoms with Crippen molar-refractivity contribution < 1.29 is 30.7 Å². The number of rotatable bonds is 0. The Morgan fingerprint density at radius 1 is 0.714 bits per heavy atom. The molecule has 0 fully saturated rings. The van der Waals surface area contributed by atoms with Crippen molar-refractivity contribution in [3.8, 4) is 0 Å². The van der Waals surface area contributed by atoms with E-state index in [0.717, 1.165) is 0 Å². The van der Waals surface area contributed by atoms with Gasteiger partial charge < -0.3 is 0 Å². The molecule has 0 bridgehead atoms. The average molecular weight is 285 g/mol. The molecule has 0 radical (unpaired) electrons. The van der Waals surface area contributed by atoms with Gasteiger partial charge in [-0.15, -0.1) is 0 Å². The SMILES string of the molecule is FC1=C(F)C(F)(F)C(Br)=C(F)C1(F)F. The fourth-order valence-electron chi connectivity index (χ4n) is 0.744. The fraction of sp³-hybridized carbons (Fsp3) is 0.333. The number of hydrogen-bond donors (Lipinski definition) is 0. The van der Waals surface area contributed by atoms with Crippen LogP contribution in [0.5, 0.6) is 0 Å². The molecular weight excluding hydrogens is 285 g/mol. The second kappa shape index (κ2) is 2.98. The normalized spacial score (nSPS) is 25.7. The summed E-state index contributed by atoms with van der Waals surface area (Å²) in [5.74, 6) is -18.5. The quantitative estimate of drug-likeness (QED) is 0.590. The summed E-state index contributed by atoms with van der Waals surface area (Å²) in [6.07, 6.45) is 0. The molecule has 0 nitrogen and oxygen atoms in total. The van der Waals surface area contributed by atoms with Crippen LogP contribution >= 0.6 is 15.9 Å². The highest BCUT2D eigenvalue weighted by Gasteiger charge is 2.59. The molecule has 0 saturated heterocycles. The van der Waals surface area contributed by atoms with Crippen molar-refractivity contribution in [2.75, 3.05) is 0 Å². The summed E-state index contributed by atoms with van der Waals surface area (Å²) in [6, 6.07) is 0. The molecule has 14 heavy (non-hydrogen) atoms. The minimum absolute atomic E-state index is 1.75. The second-order valence-electron chi connectivity index (χ2n) is 2.40. The first-order chi connectivity index (χ1) is 6.13. The van der Waals surface area contributed by atoms with Gasteiger partial charge in [-0.05, 0) is 15.9 Å². The molecule has 80 valence electrons. The Hall–Kier alpha value is -0.530. The van der Waals surface area contributed by atoms with Crippen LogP contribution in [0.2, 0.25) is 0 Å². The van der Waals surface area contributed by atoms with Crippen LogP contribution < -0.4 is 0 Å². The minimum atomic E-state index is -4.98. The summed E-state index contributed by atoms with van der Waals surface area (Å²) in [4.78, 5) is 0. The molecule has 8 heteroatoms. The molecule has 1 aliphatic carbocycles. The highest BCUT2D eigenvalue weighted by Crippen LogP contribution is 2.52. The van der Waals surface area contributed by atoms with Crippen LogP contribution in [0, 0.1) is 0 Å². The van der Waals surface area contributed by atoms with Crippen molar-refractivity contribution in [3.63, 3.8) is 0 Å². The van der Waals surface area contributed by atoms with E-state index in [9.17, 15) is 30.7 Å². The predicted molar refractivity (Wildman–Crippen MR) is 36.2 cm³/mol. The maximum absolute atomic E-state index is 12.5. The molecule has 0 saturated carbocycles. The van der Waals surface area contributed by atoms with Crippen LogP contribution in [0.1, 0.15) is 0 Å². The Morgan fingerprint density at radius 3 is 1.50 bits per heavy atom. The highest BCUT2D eigenvalue weighted by molar-refractivity contribution is 9.11. The lowest BCUT2D eigenvalue weighted by atomic mass is 10.1. The Kier molecular flexibility index (Phi) is 2.46. The molecule has 0 aromatic heterocycles. The van der Waals surface area contributed by atoms with Crippen molar-refractivity contribution in [1.29, 1.82) is 0 Å². The predicted octanol–water partition coefficient (Wildman–Crippen LogP) is 4.00.